The number of hydrogen-bond donors (Lipinski definition) is 0. The monoisotopic (exact) mass is 407 g/mol. The first-order valence-electron chi connectivity index (χ1n) is 10.3. The van der Waals surface area contributed by atoms with Crippen LogP contribution in [-0.2, 0) is 9.59 Å². The van der Waals surface area contributed by atoms with Crippen molar-refractivity contribution < 1.29 is 19.1 Å². The van der Waals surface area contributed by atoms with Gasteiger partial charge in [-0.1, -0.05) is 0 Å². The van der Waals surface area contributed by atoms with Gasteiger partial charge >= 0.3 is 0 Å². The molecule has 3 amide bonds. The van der Waals surface area contributed by atoms with E-state index in [1.807, 2.05) is 17.9 Å². The molecule has 0 spiro atoms. The quantitative estimate of drug-likeness (QED) is 0.712. The number of aromatic nitrogens is 1. The fourth-order valence-corrected chi connectivity index (χ4v) is 3.93. The van der Waals surface area contributed by atoms with Crippen LogP contribution in [0.4, 0.5) is 5.69 Å². The van der Waals surface area contributed by atoms with Gasteiger partial charge in [0.1, 0.15) is 5.75 Å². The number of benzene rings is 1. The highest BCUT2D eigenvalue weighted by atomic mass is 16.5. The number of carbonyl (C=O) groups excluding carboxylic acids is 3. The molecule has 2 saturated heterocycles. The van der Waals surface area contributed by atoms with Crippen molar-refractivity contribution >= 4 is 23.4 Å². The molecule has 0 saturated carbocycles. The first kappa shape index (κ1) is 20.1. The van der Waals surface area contributed by atoms with Crippen LogP contribution in [0.5, 0.6) is 5.75 Å². The normalized spacial score (nSPS) is 17.5. The van der Waals surface area contributed by atoms with E-state index in [0.717, 1.165) is 24.2 Å². The molecule has 0 unspecified atom stereocenters. The molecule has 0 N–H and O–H groups in total. The van der Waals surface area contributed by atoms with Crippen LogP contribution in [0.2, 0.25) is 0 Å². The Bertz CT molecular complexity index is 933. The number of nitrogens with zero attached hydrogens (tertiary/aromatic N) is 3. The predicted molar refractivity (Wildman–Crippen MR) is 111 cm³/mol. The molecule has 1 aromatic heterocycles. The van der Waals surface area contributed by atoms with Gasteiger partial charge in [-0.2, -0.15) is 0 Å². The van der Waals surface area contributed by atoms with Crippen molar-refractivity contribution in [3.63, 3.8) is 0 Å². The van der Waals surface area contributed by atoms with Gasteiger partial charge < -0.3 is 9.64 Å². The summed E-state index contributed by atoms with van der Waals surface area (Å²) < 4.78 is 5.93. The zero-order valence-corrected chi connectivity index (χ0v) is 17.0. The summed E-state index contributed by atoms with van der Waals surface area (Å²) in [4.78, 5) is 43.7. The van der Waals surface area contributed by atoms with Crippen molar-refractivity contribution in [3.8, 4) is 5.75 Å². The summed E-state index contributed by atoms with van der Waals surface area (Å²) in [6.45, 7) is 3.99. The van der Waals surface area contributed by atoms with Gasteiger partial charge in [0.05, 0.1) is 12.3 Å². The molecule has 2 aliphatic rings. The van der Waals surface area contributed by atoms with E-state index in [9.17, 15) is 14.4 Å². The summed E-state index contributed by atoms with van der Waals surface area (Å²) >= 11 is 0. The molecule has 2 fully saturated rings. The molecule has 0 atom stereocenters. The molecule has 30 heavy (non-hydrogen) atoms. The second kappa shape index (κ2) is 8.65. The van der Waals surface area contributed by atoms with E-state index in [4.69, 9.17) is 4.74 Å². The van der Waals surface area contributed by atoms with Crippen molar-refractivity contribution in [1.82, 2.24) is 9.88 Å². The van der Waals surface area contributed by atoms with Gasteiger partial charge in [-0.3, -0.25) is 24.3 Å². The zero-order chi connectivity index (χ0) is 21.1. The molecule has 4 rings (SSSR count). The molecule has 0 bridgehead atoms. The van der Waals surface area contributed by atoms with Gasteiger partial charge in [0.15, 0.2) is 0 Å². The van der Waals surface area contributed by atoms with Crippen LogP contribution in [0.3, 0.4) is 0 Å². The largest absolute Gasteiger partial charge is 0.493 e. The third-order valence-electron chi connectivity index (χ3n) is 5.77. The third-order valence-corrected chi connectivity index (χ3v) is 5.77. The van der Waals surface area contributed by atoms with Crippen molar-refractivity contribution in [2.75, 3.05) is 24.6 Å². The Morgan fingerprint density at radius 3 is 2.37 bits per heavy atom. The maximum absolute atomic E-state index is 12.8. The summed E-state index contributed by atoms with van der Waals surface area (Å²) in [6.07, 6.45) is 5.80. The molecule has 156 valence electrons. The Balaban J connectivity index is 1.30. The van der Waals surface area contributed by atoms with Crippen LogP contribution >= 0.6 is 0 Å². The van der Waals surface area contributed by atoms with Gasteiger partial charge in [0.25, 0.3) is 5.91 Å². The van der Waals surface area contributed by atoms with Gasteiger partial charge in [-0.25, -0.2) is 0 Å². The molecular formula is C23H25N3O4. The van der Waals surface area contributed by atoms with Crippen LogP contribution in [0, 0.1) is 12.8 Å². The van der Waals surface area contributed by atoms with Gasteiger partial charge in [0.2, 0.25) is 11.8 Å². The minimum atomic E-state index is -0.190. The Hall–Kier alpha value is -3.22. The topological polar surface area (TPSA) is 79.8 Å². The summed E-state index contributed by atoms with van der Waals surface area (Å²) in [5, 5.41) is 0. The summed E-state index contributed by atoms with van der Waals surface area (Å²) in [5.74, 6) is 0.871. The fourth-order valence-electron chi connectivity index (χ4n) is 3.93. The molecule has 0 radical (unpaired) electrons. The number of piperidine rings is 1. The zero-order valence-electron chi connectivity index (χ0n) is 17.0. The van der Waals surface area contributed by atoms with Crippen molar-refractivity contribution in [2.24, 2.45) is 5.92 Å². The van der Waals surface area contributed by atoms with Gasteiger partial charge in [-0.15, -0.1) is 0 Å². The lowest BCUT2D eigenvalue weighted by Crippen LogP contribution is -2.39. The Morgan fingerprint density at radius 2 is 1.73 bits per heavy atom. The minimum Gasteiger partial charge on any atom is -0.493 e. The predicted octanol–water partition coefficient (Wildman–Crippen LogP) is 2.97. The molecule has 7 heteroatoms. The Kier molecular flexibility index (Phi) is 5.79. The minimum absolute atomic E-state index is 0.0232. The molecule has 3 heterocycles. The number of pyridine rings is 1. The number of hydrogen-bond acceptors (Lipinski definition) is 5. The number of anilines is 1. The second-order valence-corrected chi connectivity index (χ2v) is 7.86. The number of carbonyl (C=O) groups is 3. The first-order valence-corrected chi connectivity index (χ1v) is 10.3. The standard InChI is InChI=1S/C23H25N3O4/c1-16-14-24-11-8-20(16)30-15-17-9-12-25(13-10-17)23(29)18-2-4-19(5-3-18)26-21(27)6-7-22(26)28/h2-5,8,11,14,17H,6-7,9-10,12-13,15H2,1H3. The number of rotatable bonds is 5. The summed E-state index contributed by atoms with van der Waals surface area (Å²) in [5.41, 5.74) is 2.12. The fraction of sp³-hybridized carbons (Fsp3) is 0.391. The maximum atomic E-state index is 12.8. The SMILES string of the molecule is Cc1cnccc1OCC1CCN(C(=O)c2ccc(N3C(=O)CCC3=O)cc2)CC1. The second-order valence-electron chi connectivity index (χ2n) is 7.86. The molecule has 0 aliphatic carbocycles. The number of likely N-dealkylation sites (tertiary alicyclic amines) is 1. The van der Waals surface area contributed by atoms with Crippen LogP contribution in [-0.4, -0.2) is 47.3 Å². The van der Waals surface area contributed by atoms with E-state index in [2.05, 4.69) is 4.98 Å². The molecule has 2 aromatic rings. The highest BCUT2D eigenvalue weighted by Crippen LogP contribution is 2.25. The van der Waals surface area contributed by atoms with Crippen molar-refractivity contribution in [2.45, 2.75) is 32.6 Å². The van der Waals surface area contributed by atoms with E-state index in [1.165, 1.54) is 4.90 Å². The molecule has 2 aliphatic heterocycles. The van der Waals surface area contributed by atoms with E-state index >= 15 is 0 Å². The molecular weight excluding hydrogens is 382 g/mol. The summed E-state index contributed by atoms with van der Waals surface area (Å²) in [7, 11) is 0. The molecule has 1 aromatic carbocycles. The number of ether oxygens (including phenoxy) is 1. The van der Waals surface area contributed by atoms with E-state index in [1.54, 1.807) is 36.7 Å². The first-order chi connectivity index (χ1) is 14.5. The van der Waals surface area contributed by atoms with Crippen molar-refractivity contribution in [3.05, 3.63) is 53.9 Å². The lowest BCUT2D eigenvalue weighted by Gasteiger charge is -2.32. The highest BCUT2D eigenvalue weighted by Gasteiger charge is 2.30. The van der Waals surface area contributed by atoms with Crippen LogP contribution in [0.25, 0.3) is 0 Å². The van der Waals surface area contributed by atoms with Gasteiger partial charge in [-0.05, 0) is 56.0 Å². The maximum Gasteiger partial charge on any atom is 0.253 e. The average Bonchev–Trinajstić information content (AvgIpc) is 3.11. The Labute approximate surface area is 175 Å². The van der Waals surface area contributed by atoms with Crippen LogP contribution in [0.1, 0.15) is 41.6 Å². The summed E-state index contributed by atoms with van der Waals surface area (Å²) in [6, 6.07) is 8.61. The highest BCUT2D eigenvalue weighted by molar-refractivity contribution is 6.19. The Morgan fingerprint density at radius 1 is 1.07 bits per heavy atom. The molecule has 7 nitrogen and oxygen atoms in total. The van der Waals surface area contributed by atoms with E-state index in [0.29, 0.717) is 36.9 Å². The van der Waals surface area contributed by atoms with Crippen molar-refractivity contribution in [1.29, 1.82) is 0 Å². The number of aryl methyl sites for hydroxylation is 1. The number of amides is 3. The van der Waals surface area contributed by atoms with Crippen LogP contribution < -0.4 is 9.64 Å². The van der Waals surface area contributed by atoms with Gasteiger partial charge in [0, 0.05) is 49.5 Å². The smallest absolute Gasteiger partial charge is 0.253 e. The lowest BCUT2D eigenvalue weighted by molar-refractivity contribution is -0.121. The van der Waals surface area contributed by atoms with E-state index in [-0.39, 0.29) is 30.6 Å². The lowest BCUT2D eigenvalue weighted by atomic mass is 9.97. The third kappa shape index (κ3) is 4.20. The van der Waals surface area contributed by atoms with Crippen LogP contribution in [0.15, 0.2) is 42.7 Å². The number of imide groups is 1. The van der Waals surface area contributed by atoms with E-state index < -0.39 is 0 Å². The average molecular weight is 407 g/mol.